The van der Waals surface area contributed by atoms with Crippen LogP contribution in [0, 0.1) is 0 Å². The Bertz CT molecular complexity index is 1070. The van der Waals surface area contributed by atoms with Gasteiger partial charge >= 0.3 is 0 Å². The third kappa shape index (κ3) is 3.37. The van der Waals surface area contributed by atoms with Crippen molar-refractivity contribution in [3.05, 3.63) is 76.4 Å². The van der Waals surface area contributed by atoms with Crippen LogP contribution in [0.15, 0.2) is 70.0 Å². The van der Waals surface area contributed by atoms with E-state index in [0.29, 0.717) is 22.2 Å². The standard InChI is InChI=1S/C20H12ClNO4S/c21-16-4-2-1-3-15(16)17-10-9-14(26-17)11-18-19(24)22(20(25)27-18)12-5-7-13(23)8-6-12/h1-11,23H/b18-11+. The van der Waals surface area contributed by atoms with Gasteiger partial charge in [0.15, 0.2) is 0 Å². The molecule has 0 spiro atoms. The molecule has 1 aliphatic rings. The molecule has 0 atom stereocenters. The van der Waals surface area contributed by atoms with Crippen molar-refractivity contribution in [1.29, 1.82) is 0 Å². The van der Waals surface area contributed by atoms with Crippen molar-refractivity contribution < 1.29 is 19.1 Å². The van der Waals surface area contributed by atoms with Gasteiger partial charge in [-0.15, -0.1) is 0 Å². The molecule has 0 bridgehead atoms. The van der Waals surface area contributed by atoms with Gasteiger partial charge in [-0.1, -0.05) is 23.7 Å². The molecule has 5 nitrogen and oxygen atoms in total. The second-order valence-corrected chi connectivity index (χ2v) is 7.12. The van der Waals surface area contributed by atoms with Crippen LogP contribution in [0.5, 0.6) is 5.75 Å². The van der Waals surface area contributed by atoms with Crippen molar-refractivity contribution in [3.63, 3.8) is 0 Å². The lowest BCUT2D eigenvalue weighted by atomic mass is 10.2. The number of nitrogens with zero attached hydrogens (tertiary/aromatic N) is 1. The van der Waals surface area contributed by atoms with Crippen molar-refractivity contribution in [2.24, 2.45) is 0 Å². The first-order valence-electron chi connectivity index (χ1n) is 7.94. The number of benzene rings is 2. The Morgan fingerprint density at radius 1 is 1.00 bits per heavy atom. The molecule has 7 heteroatoms. The van der Waals surface area contributed by atoms with E-state index in [0.717, 1.165) is 22.2 Å². The summed E-state index contributed by atoms with van der Waals surface area (Å²) in [6, 6.07) is 16.6. The van der Waals surface area contributed by atoms with Crippen LogP contribution in [0.2, 0.25) is 5.02 Å². The molecular weight excluding hydrogens is 386 g/mol. The van der Waals surface area contributed by atoms with Crippen LogP contribution in [-0.2, 0) is 4.79 Å². The fraction of sp³-hybridized carbons (Fsp3) is 0. The molecule has 1 aromatic heterocycles. The Balaban J connectivity index is 1.62. The summed E-state index contributed by atoms with van der Waals surface area (Å²) in [7, 11) is 0. The van der Waals surface area contributed by atoms with E-state index in [4.69, 9.17) is 16.0 Å². The number of anilines is 1. The van der Waals surface area contributed by atoms with Crippen LogP contribution in [-0.4, -0.2) is 16.3 Å². The van der Waals surface area contributed by atoms with Crippen molar-refractivity contribution in [1.82, 2.24) is 0 Å². The van der Waals surface area contributed by atoms with Crippen LogP contribution in [0.4, 0.5) is 10.5 Å². The number of hydrogen-bond acceptors (Lipinski definition) is 5. The average molecular weight is 398 g/mol. The Labute approximate surface area is 163 Å². The molecule has 0 aliphatic carbocycles. The number of furan rings is 1. The number of rotatable bonds is 3. The summed E-state index contributed by atoms with van der Waals surface area (Å²) in [4.78, 5) is 26.2. The van der Waals surface area contributed by atoms with Gasteiger partial charge in [-0.2, -0.15) is 0 Å². The van der Waals surface area contributed by atoms with Crippen molar-refractivity contribution in [2.45, 2.75) is 0 Å². The molecular formula is C20H12ClNO4S. The molecule has 1 aliphatic heterocycles. The number of phenolic OH excluding ortho intramolecular Hbond substituents is 1. The fourth-order valence-electron chi connectivity index (χ4n) is 2.66. The molecule has 27 heavy (non-hydrogen) atoms. The van der Waals surface area contributed by atoms with E-state index in [2.05, 4.69) is 0 Å². The highest BCUT2D eigenvalue weighted by molar-refractivity contribution is 8.19. The summed E-state index contributed by atoms with van der Waals surface area (Å²) in [5.74, 6) is 0.640. The maximum atomic E-state index is 12.6. The number of thioether (sulfide) groups is 1. The minimum atomic E-state index is -0.439. The van der Waals surface area contributed by atoms with E-state index in [1.54, 1.807) is 18.2 Å². The van der Waals surface area contributed by atoms with E-state index in [1.807, 2.05) is 18.2 Å². The van der Waals surface area contributed by atoms with Crippen LogP contribution in [0.1, 0.15) is 5.76 Å². The first-order valence-corrected chi connectivity index (χ1v) is 9.14. The second-order valence-electron chi connectivity index (χ2n) is 5.72. The number of carbonyl (C=O) groups excluding carboxylic acids is 2. The first-order chi connectivity index (χ1) is 13.0. The second kappa shape index (κ2) is 6.98. The quantitative estimate of drug-likeness (QED) is 0.587. The third-order valence-corrected chi connectivity index (χ3v) is 5.14. The number of carbonyl (C=O) groups is 2. The zero-order valence-electron chi connectivity index (χ0n) is 13.8. The lowest BCUT2D eigenvalue weighted by Gasteiger charge is -2.11. The average Bonchev–Trinajstić information content (AvgIpc) is 3.22. The van der Waals surface area contributed by atoms with Crippen LogP contribution < -0.4 is 4.90 Å². The van der Waals surface area contributed by atoms with Crippen LogP contribution in [0.3, 0.4) is 0 Å². The van der Waals surface area contributed by atoms with Gasteiger partial charge in [0.05, 0.1) is 15.6 Å². The summed E-state index contributed by atoms with van der Waals surface area (Å²) in [5.41, 5.74) is 1.14. The number of aromatic hydroxyl groups is 1. The van der Waals surface area contributed by atoms with Crippen molar-refractivity contribution >= 4 is 46.3 Å². The predicted octanol–water partition coefficient (Wildman–Crippen LogP) is 5.55. The van der Waals surface area contributed by atoms with Crippen LogP contribution >= 0.6 is 23.4 Å². The van der Waals surface area contributed by atoms with Crippen molar-refractivity contribution in [2.75, 3.05) is 4.90 Å². The SMILES string of the molecule is O=C1S/C(=C/c2ccc(-c3ccccc3Cl)o2)C(=O)N1c1ccc(O)cc1. The lowest BCUT2D eigenvalue weighted by Crippen LogP contribution is -2.27. The molecule has 2 aromatic carbocycles. The number of hydrogen-bond donors (Lipinski definition) is 1. The van der Waals surface area contributed by atoms with E-state index in [9.17, 15) is 14.7 Å². The zero-order chi connectivity index (χ0) is 19.0. The highest BCUT2D eigenvalue weighted by Gasteiger charge is 2.36. The molecule has 4 rings (SSSR count). The molecule has 3 aromatic rings. The first kappa shape index (κ1) is 17.5. The molecule has 0 saturated carbocycles. The monoisotopic (exact) mass is 397 g/mol. The van der Waals surface area contributed by atoms with Gasteiger partial charge in [0.2, 0.25) is 0 Å². The molecule has 2 amide bonds. The molecule has 0 unspecified atom stereocenters. The van der Waals surface area contributed by atoms with Gasteiger partial charge < -0.3 is 9.52 Å². The summed E-state index contributed by atoms with van der Waals surface area (Å²) in [6.07, 6.45) is 1.53. The van der Waals surface area contributed by atoms with Gasteiger partial charge in [0.1, 0.15) is 17.3 Å². The number of amides is 2. The van der Waals surface area contributed by atoms with E-state index >= 15 is 0 Å². The Morgan fingerprint density at radius 3 is 2.48 bits per heavy atom. The predicted molar refractivity (Wildman–Crippen MR) is 106 cm³/mol. The fourth-order valence-corrected chi connectivity index (χ4v) is 3.71. The zero-order valence-corrected chi connectivity index (χ0v) is 15.3. The van der Waals surface area contributed by atoms with Gasteiger partial charge in [0.25, 0.3) is 11.1 Å². The Hall–Kier alpha value is -2.96. The van der Waals surface area contributed by atoms with Gasteiger partial charge in [0, 0.05) is 11.6 Å². The highest BCUT2D eigenvalue weighted by Crippen LogP contribution is 2.37. The van der Waals surface area contributed by atoms with Gasteiger partial charge in [-0.05, 0) is 60.3 Å². The number of halogens is 1. The molecule has 2 heterocycles. The molecule has 0 radical (unpaired) electrons. The van der Waals surface area contributed by atoms with E-state index in [-0.39, 0.29) is 10.7 Å². The Morgan fingerprint density at radius 2 is 1.74 bits per heavy atom. The van der Waals surface area contributed by atoms with Gasteiger partial charge in [-0.25, -0.2) is 4.90 Å². The lowest BCUT2D eigenvalue weighted by molar-refractivity contribution is -0.113. The molecule has 134 valence electrons. The summed E-state index contributed by atoms with van der Waals surface area (Å²) >= 11 is 7.01. The largest absolute Gasteiger partial charge is 0.508 e. The number of imide groups is 1. The summed E-state index contributed by atoms with van der Waals surface area (Å²) in [5, 5.41) is 9.52. The highest BCUT2D eigenvalue weighted by atomic mass is 35.5. The molecule has 1 N–H and O–H groups in total. The maximum absolute atomic E-state index is 12.6. The molecule has 1 fully saturated rings. The smallest absolute Gasteiger partial charge is 0.298 e. The minimum Gasteiger partial charge on any atom is -0.508 e. The van der Waals surface area contributed by atoms with E-state index < -0.39 is 11.1 Å². The third-order valence-electron chi connectivity index (χ3n) is 3.94. The summed E-state index contributed by atoms with van der Waals surface area (Å²) < 4.78 is 5.76. The summed E-state index contributed by atoms with van der Waals surface area (Å²) in [6.45, 7) is 0. The van der Waals surface area contributed by atoms with Crippen LogP contribution in [0.25, 0.3) is 17.4 Å². The van der Waals surface area contributed by atoms with Crippen molar-refractivity contribution in [3.8, 4) is 17.1 Å². The normalized spacial score (nSPS) is 15.7. The topological polar surface area (TPSA) is 70.8 Å². The maximum Gasteiger partial charge on any atom is 0.298 e. The number of phenols is 1. The Kier molecular flexibility index (Phi) is 4.51. The van der Waals surface area contributed by atoms with Gasteiger partial charge in [-0.3, -0.25) is 9.59 Å². The minimum absolute atomic E-state index is 0.0592. The molecule has 1 saturated heterocycles. The van der Waals surface area contributed by atoms with E-state index in [1.165, 1.54) is 30.3 Å².